The van der Waals surface area contributed by atoms with Gasteiger partial charge in [0.1, 0.15) is 5.60 Å². The molecule has 3 aliphatic carbocycles. The molecule has 3 heteroatoms. The highest BCUT2D eigenvalue weighted by molar-refractivity contribution is 5.70. The normalized spacial score (nSPS) is 38.0. The van der Waals surface area contributed by atoms with Gasteiger partial charge in [0.2, 0.25) is 0 Å². The van der Waals surface area contributed by atoms with E-state index in [4.69, 9.17) is 4.74 Å². The predicted molar refractivity (Wildman–Crippen MR) is 95.9 cm³/mol. The lowest BCUT2D eigenvalue weighted by atomic mass is 9.82. The Hall–Kier alpha value is -0.730. The fourth-order valence-electron chi connectivity index (χ4n) is 6.47. The zero-order valence-corrected chi connectivity index (χ0v) is 15.7. The molecule has 1 heterocycles. The maximum absolute atomic E-state index is 13.2. The van der Waals surface area contributed by atoms with Crippen LogP contribution in [0.2, 0.25) is 0 Å². The molecular weight excluding hydrogens is 298 g/mol. The minimum atomic E-state index is -0.195. The minimum Gasteiger partial charge on any atom is -0.442 e. The van der Waals surface area contributed by atoms with Crippen LogP contribution in [0.1, 0.15) is 90.9 Å². The number of hydrogen-bond acceptors (Lipinski definition) is 2. The van der Waals surface area contributed by atoms with Crippen LogP contribution >= 0.6 is 0 Å². The van der Waals surface area contributed by atoms with Crippen LogP contribution in [0.3, 0.4) is 0 Å². The highest BCUT2D eigenvalue weighted by Gasteiger charge is 2.53. The summed E-state index contributed by atoms with van der Waals surface area (Å²) >= 11 is 0. The predicted octanol–water partition coefficient (Wildman–Crippen LogP) is 5.53. The summed E-state index contributed by atoms with van der Waals surface area (Å²) in [5.41, 5.74) is -0.0419. The molecule has 1 aliphatic heterocycles. The molecular formula is C21H35NO2. The van der Waals surface area contributed by atoms with Gasteiger partial charge in [0.15, 0.2) is 0 Å². The second-order valence-electron chi connectivity index (χ2n) is 9.49. The van der Waals surface area contributed by atoms with Gasteiger partial charge in [0, 0.05) is 12.1 Å². The molecule has 2 atom stereocenters. The first-order valence-corrected chi connectivity index (χ1v) is 10.6. The number of rotatable bonds is 2. The van der Waals surface area contributed by atoms with E-state index in [2.05, 4.69) is 18.7 Å². The Morgan fingerprint density at radius 2 is 1.54 bits per heavy atom. The molecule has 4 rings (SSSR count). The summed E-state index contributed by atoms with van der Waals surface area (Å²) in [7, 11) is 0. The number of nitrogens with zero attached hydrogens (tertiary/aromatic N) is 1. The Bertz CT molecular complexity index is 461. The SMILES string of the molecule is CC(C)C1(OC(=O)N2CCCC23CCCC3)CC2CCCCC2C1. The Kier molecular flexibility index (Phi) is 4.33. The number of carbonyl (C=O) groups is 1. The van der Waals surface area contributed by atoms with Crippen LogP contribution in [-0.4, -0.2) is 28.7 Å². The van der Waals surface area contributed by atoms with Crippen molar-refractivity contribution in [2.45, 2.75) is 102 Å². The van der Waals surface area contributed by atoms with E-state index in [1.165, 1.54) is 57.8 Å². The van der Waals surface area contributed by atoms with Crippen LogP contribution in [0.5, 0.6) is 0 Å². The Morgan fingerprint density at radius 1 is 0.958 bits per heavy atom. The molecule has 2 unspecified atom stereocenters. The van der Waals surface area contributed by atoms with E-state index in [0.29, 0.717) is 5.92 Å². The van der Waals surface area contributed by atoms with Crippen LogP contribution in [0.15, 0.2) is 0 Å². The van der Waals surface area contributed by atoms with E-state index in [1.807, 2.05) is 0 Å². The van der Waals surface area contributed by atoms with Crippen molar-refractivity contribution in [3.63, 3.8) is 0 Å². The number of likely N-dealkylation sites (tertiary alicyclic amines) is 1. The molecule has 136 valence electrons. The maximum atomic E-state index is 13.2. The topological polar surface area (TPSA) is 29.5 Å². The molecule has 3 nitrogen and oxygen atoms in total. The van der Waals surface area contributed by atoms with E-state index in [-0.39, 0.29) is 17.2 Å². The van der Waals surface area contributed by atoms with E-state index in [9.17, 15) is 4.79 Å². The largest absolute Gasteiger partial charge is 0.442 e. The monoisotopic (exact) mass is 333 g/mol. The highest BCUT2D eigenvalue weighted by Crippen LogP contribution is 2.52. The van der Waals surface area contributed by atoms with E-state index in [1.54, 1.807) is 0 Å². The maximum Gasteiger partial charge on any atom is 0.410 e. The molecule has 24 heavy (non-hydrogen) atoms. The lowest BCUT2D eigenvalue weighted by Crippen LogP contribution is -2.49. The van der Waals surface area contributed by atoms with Crippen LogP contribution in [0.25, 0.3) is 0 Å². The first-order chi connectivity index (χ1) is 11.5. The lowest BCUT2D eigenvalue weighted by Gasteiger charge is -2.40. The van der Waals surface area contributed by atoms with E-state index < -0.39 is 0 Å². The van der Waals surface area contributed by atoms with E-state index in [0.717, 1.165) is 37.6 Å². The number of fused-ring (bicyclic) bond motifs is 1. The van der Waals surface area contributed by atoms with Crippen LogP contribution in [0, 0.1) is 17.8 Å². The average molecular weight is 334 g/mol. The molecule has 0 radical (unpaired) electrons. The van der Waals surface area contributed by atoms with Gasteiger partial charge in [-0.05, 0) is 56.3 Å². The van der Waals surface area contributed by atoms with Crippen molar-refractivity contribution in [3.8, 4) is 0 Å². The third-order valence-electron chi connectivity index (χ3n) is 7.98. The smallest absolute Gasteiger partial charge is 0.410 e. The fraction of sp³-hybridized carbons (Fsp3) is 0.952. The van der Waals surface area contributed by atoms with Gasteiger partial charge in [-0.1, -0.05) is 52.4 Å². The first kappa shape index (κ1) is 16.7. The average Bonchev–Trinajstić information content (AvgIpc) is 3.27. The number of hydrogen-bond donors (Lipinski definition) is 0. The van der Waals surface area contributed by atoms with Crippen LogP contribution in [-0.2, 0) is 4.74 Å². The van der Waals surface area contributed by atoms with Gasteiger partial charge in [0.05, 0.1) is 0 Å². The number of ether oxygens (including phenoxy) is 1. The molecule has 1 spiro atoms. The second kappa shape index (κ2) is 6.21. The van der Waals surface area contributed by atoms with E-state index >= 15 is 0 Å². The Labute approximate surface area is 147 Å². The lowest BCUT2D eigenvalue weighted by molar-refractivity contribution is -0.0485. The quantitative estimate of drug-likeness (QED) is 0.665. The second-order valence-corrected chi connectivity index (χ2v) is 9.49. The summed E-state index contributed by atoms with van der Waals surface area (Å²) in [6.45, 7) is 5.44. The van der Waals surface area contributed by atoms with Crippen LogP contribution < -0.4 is 0 Å². The molecule has 0 aromatic carbocycles. The third kappa shape index (κ3) is 2.66. The summed E-state index contributed by atoms with van der Waals surface area (Å²) in [4.78, 5) is 15.3. The molecule has 1 saturated heterocycles. The zero-order chi connectivity index (χ0) is 16.8. The van der Waals surface area contributed by atoms with Gasteiger partial charge in [-0.15, -0.1) is 0 Å². The zero-order valence-electron chi connectivity index (χ0n) is 15.7. The standard InChI is InChI=1S/C21H35NO2/c1-16(2)21(14-17-8-3-4-9-18(17)15-21)24-19(23)22-13-7-12-20(22)10-5-6-11-20/h16-18H,3-15H2,1-2H3. The summed E-state index contributed by atoms with van der Waals surface area (Å²) in [5.74, 6) is 2.02. The molecule has 0 bridgehead atoms. The van der Waals surface area contributed by atoms with Gasteiger partial charge < -0.3 is 9.64 Å². The summed E-state index contributed by atoms with van der Waals surface area (Å²) in [6, 6.07) is 0. The van der Waals surface area contributed by atoms with Gasteiger partial charge in [-0.25, -0.2) is 4.79 Å². The van der Waals surface area contributed by atoms with Crippen molar-refractivity contribution in [1.82, 2.24) is 4.90 Å². The minimum absolute atomic E-state index is 0.0155. The third-order valence-corrected chi connectivity index (χ3v) is 7.98. The first-order valence-electron chi connectivity index (χ1n) is 10.6. The molecule has 0 aromatic heterocycles. The van der Waals surface area contributed by atoms with Crippen LogP contribution in [0.4, 0.5) is 4.79 Å². The molecule has 0 aromatic rings. The summed E-state index contributed by atoms with van der Waals surface area (Å²) in [5, 5.41) is 0. The van der Waals surface area contributed by atoms with Gasteiger partial charge in [-0.3, -0.25) is 0 Å². The molecule has 0 N–H and O–H groups in total. The Morgan fingerprint density at radius 3 is 2.12 bits per heavy atom. The highest BCUT2D eigenvalue weighted by atomic mass is 16.6. The van der Waals surface area contributed by atoms with Crippen molar-refractivity contribution >= 4 is 6.09 Å². The molecule has 4 fully saturated rings. The van der Waals surface area contributed by atoms with Crippen molar-refractivity contribution < 1.29 is 9.53 Å². The van der Waals surface area contributed by atoms with Gasteiger partial charge >= 0.3 is 6.09 Å². The summed E-state index contributed by atoms with van der Waals surface area (Å²) < 4.78 is 6.41. The van der Waals surface area contributed by atoms with Crippen molar-refractivity contribution in [2.24, 2.45) is 17.8 Å². The molecule has 1 amide bonds. The molecule has 3 saturated carbocycles. The molecule has 4 aliphatic rings. The van der Waals surface area contributed by atoms with Gasteiger partial charge in [0.25, 0.3) is 0 Å². The van der Waals surface area contributed by atoms with Crippen molar-refractivity contribution in [1.29, 1.82) is 0 Å². The Balaban J connectivity index is 1.50. The number of amides is 1. The van der Waals surface area contributed by atoms with Crippen molar-refractivity contribution in [2.75, 3.05) is 6.54 Å². The van der Waals surface area contributed by atoms with Gasteiger partial charge in [-0.2, -0.15) is 0 Å². The summed E-state index contributed by atoms with van der Waals surface area (Å²) in [6.07, 6.45) is 15.0. The van der Waals surface area contributed by atoms with Crippen molar-refractivity contribution in [3.05, 3.63) is 0 Å². The fourth-order valence-corrected chi connectivity index (χ4v) is 6.47. The number of carbonyl (C=O) groups excluding carboxylic acids is 1.